The van der Waals surface area contributed by atoms with Crippen LogP contribution in [-0.2, 0) is 14.9 Å². The summed E-state index contributed by atoms with van der Waals surface area (Å²) in [5.74, 6) is 3.05. The van der Waals surface area contributed by atoms with Gasteiger partial charge in [0.2, 0.25) is 0 Å². The summed E-state index contributed by atoms with van der Waals surface area (Å²) in [5, 5.41) is 0. The second-order valence-electron chi connectivity index (χ2n) is 10.2. The lowest BCUT2D eigenvalue weighted by molar-refractivity contribution is -0.0845. The third-order valence-electron chi connectivity index (χ3n) is 6.89. The monoisotopic (exact) mass is 454 g/mol. The van der Waals surface area contributed by atoms with Gasteiger partial charge in [0.05, 0.1) is 19.8 Å². The van der Waals surface area contributed by atoms with Gasteiger partial charge in [-0.1, -0.05) is 38.1 Å². The molecule has 0 saturated heterocycles. The van der Waals surface area contributed by atoms with Gasteiger partial charge in [0, 0.05) is 12.0 Å². The average Bonchev–Trinajstić information content (AvgIpc) is 2.82. The second kappa shape index (κ2) is 11.9. The molecular formula is C29H42O4. The molecule has 1 aliphatic rings. The highest BCUT2D eigenvalue weighted by Gasteiger charge is 2.24. The fraction of sp³-hybridized carbons (Fsp3) is 0.586. The van der Waals surface area contributed by atoms with Crippen LogP contribution in [0.25, 0.3) is 0 Å². The van der Waals surface area contributed by atoms with E-state index in [4.69, 9.17) is 18.9 Å². The summed E-state index contributed by atoms with van der Waals surface area (Å²) >= 11 is 0. The summed E-state index contributed by atoms with van der Waals surface area (Å²) in [7, 11) is 1.69. The molecule has 0 N–H and O–H groups in total. The Labute approximate surface area is 200 Å². The number of hydrogen-bond acceptors (Lipinski definition) is 4. The highest BCUT2D eigenvalue weighted by molar-refractivity contribution is 5.41. The van der Waals surface area contributed by atoms with Crippen molar-refractivity contribution in [1.29, 1.82) is 0 Å². The van der Waals surface area contributed by atoms with Crippen LogP contribution < -0.4 is 9.47 Å². The van der Waals surface area contributed by atoms with Gasteiger partial charge in [-0.25, -0.2) is 0 Å². The zero-order valence-electron chi connectivity index (χ0n) is 21.3. The number of ether oxygens (including phenoxy) is 4. The molecule has 3 rings (SSSR count). The molecule has 0 amide bonds. The first-order chi connectivity index (χ1) is 15.8. The molecule has 1 aliphatic carbocycles. The third-order valence-corrected chi connectivity index (χ3v) is 6.89. The maximum atomic E-state index is 6.04. The number of methoxy groups -OCH3 is 1. The van der Waals surface area contributed by atoms with Crippen molar-refractivity contribution in [3.05, 3.63) is 59.7 Å². The lowest BCUT2D eigenvalue weighted by Gasteiger charge is -2.29. The van der Waals surface area contributed by atoms with Gasteiger partial charge in [-0.15, -0.1) is 0 Å². The van der Waals surface area contributed by atoms with E-state index in [1.54, 1.807) is 7.11 Å². The Balaban J connectivity index is 1.45. The summed E-state index contributed by atoms with van der Waals surface area (Å²) in [5.41, 5.74) is 2.39. The average molecular weight is 455 g/mol. The van der Waals surface area contributed by atoms with Crippen LogP contribution in [-0.4, -0.2) is 32.7 Å². The van der Waals surface area contributed by atoms with E-state index in [1.807, 2.05) is 31.2 Å². The standard InChI is InChI=1S/C29H42O4/c1-21(2)31-19-23-7-9-24(10-8-23)20-32-22(3)33-28-17-13-26(14-18-28)29(4,5)25-11-15-27(30-6)16-12-25/h11-18,21-24H,7-10,19-20H2,1-6H3. The van der Waals surface area contributed by atoms with E-state index >= 15 is 0 Å². The van der Waals surface area contributed by atoms with Crippen molar-refractivity contribution in [3.63, 3.8) is 0 Å². The van der Waals surface area contributed by atoms with Crippen LogP contribution in [0.1, 0.15) is 71.4 Å². The van der Waals surface area contributed by atoms with E-state index in [1.165, 1.54) is 36.8 Å². The van der Waals surface area contributed by atoms with Crippen LogP contribution >= 0.6 is 0 Å². The second-order valence-corrected chi connectivity index (χ2v) is 10.2. The van der Waals surface area contributed by atoms with Crippen molar-refractivity contribution >= 4 is 0 Å². The maximum absolute atomic E-state index is 6.04. The Morgan fingerprint density at radius 3 is 1.64 bits per heavy atom. The molecule has 182 valence electrons. The van der Waals surface area contributed by atoms with E-state index < -0.39 is 0 Å². The quantitative estimate of drug-likeness (QED) is 0.343. The Bertz CT molecular complexity index is 818. The first-order valence-corrected chi connectivity index (χ1v) is 12.4. The minimum absolute atomic E-state index is 0.105. The summed E-state index contributed by atoms with van der Waals surface area (Å²) in [4.78, 5) is 0. The fourth-order valence-corrected chi connectivity index (χ4v) is 4.52. The van der Waals surface area contributed by atoms with E-state index in [-0.39, 0.29) is 11.7 Å². The van der Waals surface area contributed by atoms with Crippen LogP contribution in [0.3, 0.4) is 0 Å². The molecular weight excluding hydrogens is 412 g/mol. The lowest BCUT2D eigenvalue weighted by atomic mass is 9.78. The molecule has 0 radical (unpaired) electrons. The van der Waals surface area contributed by atoms with E-state index in [2.05, 4.69) is 52.0 Å². The van der Waals surface area contributed by atoms with Gasteiger partial charge in [-0.2, -0.15) is 0 Å². The van der Waals surface area contributed by atoms with Crippen molar-refractivity contribution in [1.82, 2.24) is 0 Å². The van der Waals surface area contributed by atoms with E-state index in [9.17, 15) is 0 Å². The molecule has 0 spiro atoms. The molecule has 0 aliphatic heterocycles. The Hall–Kier alpha value is -2.04. The van der Waals surface area contributed by atoms with Crippen molar-refractivity contribution in [2.24, 2.45) is 11.8 Å². The normalized spacial score (nSPS) is 20.0. The summed E-state index contributed by atoms with van der Waals surface area (Å²) in [6.45, 7) is 12.3. The molecule has 4 heteroatoms. The zero-order valence-corrected chi connectivity index (χ0v) is 21.3. The highest BCUT2D eigenvalue weighted by atomic mass is 16.7. The molecule has 1 saturated carbocycles. The van der Waals surface area contributed by atoms with Crippen LogP contribution in [0.2, 0.25) is 0 Å². The molecule has 1 unspecified atom stereocenters. The Kier molecular flexibility index (Phi) is 9.22. The smallest absolute Gasteiger partial charge is 0.196 e. The SMILES string of the molecule is COc1ccc(C(C)(C)c2ccc(OC(C)OCC3CCC(COC(C)C)CC3)cc2)cc1. The number of rotatable bonds is 11. The minimum atomic E-state index is -0.257. The first-order valence-electron chi connectivity index (χ1n) is 12.4. The third kappa shape index (κ3) is 7.48. The predicted octanol–water partition coefficient (Wildman–Crippen LogP) is 6.99. The maximum Gasteiger partial charge on any atom is 0.196 e. The molecule has 33 heavy (non-hydrogen) atoms. The van der Waals surface area contributed by atoms with Crippen molar-refractivity contribution in [2.75, 3.05) is 20.3 Å². The topological polar surface area (TPSA) is 36.9 Å². The van der Waals surface area contributed by atoms with Gasteiger partial charge in [-0.05, 0) is 93.7 Å². The van der Waals surface area contributed by atoms with Crippen LogP contribution in [0.4, 0.5) is 0 Å². The molecule has 0 bridgehead atoms. The fourth-order valence-electron chi connectivity index (χ4n) is 4.52. The zero-order chi connectivity index (χ0) is 23.8. The summed E-state index contributed by atoms with van der Waals surface area (Å²) < 4.78 is 23.2. The minimum Gasteiger partial charge on any atom is -0.497 e. The van der Waals surface area contributed by atoms with Crippen LogP contribution in [0.5, 0.6) is 11.5 Å². The summed E-state index contributed by atoms with van der Waals surface area (Å²) in [6.07, 6.45) is 4.98. The molecule has 2 aromatic carbocycles. The van der Waals surface area contributed by atoms with Gasteiger partial charge in [0.15, 0.2) is 6.29 Å². The van der Waals surface area contributed by atoms with Crippen LogP contribution in [0, 0.1) is 11.8 Å². The van der Waals surface area contributed by atoms with Gasteiger partial charge < -0.3 is 18.9 Å². The lowest BCUT2D eigenvalue weighted by Crippen LogP contribution is -2.26. The molecule has 0 heterocycles. The van der Waals surface area contributed by atoms with Crippen molar-refractivity contribution in [3.8, 4) is 11.5 Å². The van der Waals surface area contributed by atoms with Gasteiger partial charge in [0.25, 0.3) is 0 Å². The molecule has 1 atom stereocenters. The van der Waals surface area contributed by atoms with E-state index in [0.29, 0.717) is 17.9 Å². The van der Waals surface area contributed by atoms with E-state index in [0.717, 1.165) is 24.7 Å². The number of hydrogen-bond donors (Lipinski definition) is 0. The van der Waals surface area contributed by atoms with Gasteiger partial charge in [0.1, 0.15) is 11.5 Å². The Morgan fingerprint density at radius 2 is 1.18 bits per heavy atom. The molecule has 1 fully saturated rings. The molecule has 4 nitrogen and oxygen atoms in total. The highest BCUT2D eigenvalue weighted by Crippen LogP contribution is 2.34. The largest absolute Gasteiger partial charge is 0.497 e. The van der Waals surface area contributed by atoms with Crippen LogP contribution in [0.15, 0.2) is 48.5 Å². The number of benzene rings is 2. The van der Waals surface area contributed by atoms with Gasteiger partial charge >= 0.3 is 0 Å². The predicted molar refractivity (Wildman–Crippen MR) is 134 cm³/mol. The molecule has 0 aromatic heterocycles. The van der Waals surface area contributed by atoms with Crippen molar-refractivity contribution < 1.29 is 18.9 Å². The van der Waals surface area contributed by atoms with Gasteiger partial charge in [-0.3, -0.25) is 0 Å². The Morgan fingerprint density at radius 1 is 0.727 bits per heavy atom. The van der Waals surface area contributed by atoms with Crippen molar-refractivity contribution in [2.45, 2.75) is 78.1 Å². The first kappa shape index (κ1) is 25.6. The summed E-state index contributed by atoms with van der Waals surface area (Å²) in [6, 6.07) is 16.7. The molecule has 2 aromatic rings.